The van der Waals surface area contributed by atoms with E-state index in [2.05, 4.69) is 13.8 Å². The van der Waals surface area contributed by atoms with Crippen molar-refractivity contribution in [1.82, 2.24) is 0 Å². The third kappa shape index (κ3) is 3.63. The number of hydrogen-bond donors (Lipinski definition) is 1. The van der Waals surface area contributed by atoms with Crippen LogP contribution in [0.25, 0.3) is 0 Å². The fourth-order valence-corrected chi connectivity index (χ4v) is 2.87. The van der Waals surface area contributed by atoms with Crippen molar-refractivity contribution in [2.24, 2.45) is 5.92 Å². The molecular weight excluding hydrogens is 218 g/mol. The molecule has 0 saturated heterocycles. The Morgan fingerprint density at radius 1 is 1.38 bits per heavy atom. The van der Waals surface area contributed by atoms with E-state index in [1.54, 1.807) is 0 Å². The van der Waals surface area contributed by atoms with Crippen molar-refractivity contribution in [3.8, 4) is 0 Å². The number of hydrogen-bond acceptors (Lipinski definition) is 2. The summed E-state index contributed by atoms with van der Waals surface area (Å²) in [6.45, 7) is 6.32. The van der Waals surface area contributed by atoms with Gasteiger partial charge in [-0.1, -0.05) is 32.4 Å². The van der Waals surface area contributed by atoms with Gasteiger partial charge in [0.05, 0.1) is 21.4 Å². The van der Waals surface area contributed by atoms with Gasteiger partial charge in [0.15, 0.2) is 0 Å². The topological polar surface area (TPSA) is 43.1 Å². The van der Waals surface area contributed by atoms with Crippen LogP contribution >= 0.6 is 0 Å². The quantitative estimate of drug-likeness (QED) is 0.802. The van der Waals surface area contributed by atoms with E-state index >= 15 is 0 Å². The summed E-state index contributed by atoms with van der Waals surface area (Å²) in [6, 6.07) is 5.74. The van der Waals surface area contributed by atoms with Crippen molar-refractivity contribution >= 4 is 16.5 Å². The van der Waals surface area contributed by atoms with Crippen LogP contribution in [-0.2, 0) is 10.8 Å². The second-order valence-corrected chi connectivity index (χ2v) is 6.11. The summed E-state index contributed by atoms with van der Waals surface area (Å²) in [6.07, 6.45) is 2.12. The predicted molar refractivity (Wildman–Crippen MR) is 70.9 cm³/mol. The molecule has 0 fully saturated rings. The van der Waals surface area contributed by atoms with Gasteiger partial charge in [0.1, 0.15) is 0 Å². The molecule has 16 heavy (non-hydrogen) atoms. The molecule has 1 aromatic rings. The third-order valence-electron chi connectivity index (χ3n) is 2.64. The Morgan fingerprint density at radius 2 is 2.06 bits per heavy atom. The van der Waals surface area contributed by atoms with Gasteiger partial charge in [0.2, 0.25) is 0 Å². The van der Waals surface area contributed by atoms with Gasteiger partial charge < -0.3 is 5.73 Å². The molecule has 0 amide bonds. The van der Waals surface area contributed by atoms with Crippen molar-refractivity contribution in [3.05, 3.63) is 23.8 Å². The number of nitrogen functional groups attached to an aromatic ring is 1. The maximum Gasteiger partial charge on any atom is 0.0620 e. The first-order valence-electron chi connectivity index (χ1n) is 5.76. The Bertz CT molecular complexity index is 374. The third-order valence-corrected chi connectivity index (χ3v) is 4.15. The van der Waals surface area contributed by atoms with Gasteiger partial charge in [0.25, 0.3) is 0 Å². The van der Waals surface area contributed by atoms with Crippen LogP contribution < -0.4 is 5.73 Å². The Kier molecular flexibility index (Phi) is 5.00. The smallest absolute Gasteiger partial charge is 0.0620 e. The van der Waals surface area contributed by atoms with Gasteiger partial charge in [0, 0.05) is 5.75 Å². The van der Waals surface area contributed by atoms with Gasteiger partial charge in [-0.05, 0) is 30.9 Å². The van der Waals surface area contributed by atoms with Crippen molar-refractivity contribution in [3.63, 3.8) is 0 Å². The lowest BCUT2D eigenvalue weighted by molar-refractivity contribution is 0.575. The molecule has 1 rings (SSSR count). The summed E-state index contributed by atoms with van der Waals surface area (Å²) < 4.78 is 12.0. The Labute approximate surface area is 101 Å². The molecule has 0 saturated carbocycles. The Hall–Kier alpha value is -0.830. The van der Waals surface area contributed by atoms with E-state index in [1.165, 1.54) is 0 Å². The molecule has 0 aliphatic rings. The number of anilines is 1. The van der Waals surface area contributed by atoms with Crippen molar-refractivity contribution in [2.75, 3.05) is 11.5 Å². The number of benzene rings is 1. The second kappa shape index (κ2) is 6.04. The van der Waals surface area contributed by atoms with Crippen molar-refractivity contribution in [2.45, 2.75) is 38.5 Å². The molecule has 1 unspecified atom stereocenters. The molecule has 3 heteroatoms. The van der Waals surface area contributed by atoms with Gasteiger partial charge in [-0.25, -0.2) is 0 Å². The summed E-state index contributed by atoms with van der Waals surface area (Å²) in [4.78, 5) is 0.795. The van der Waals surface area contributed by atoms with E-state index in [9.17, 15) is 4.21 Å². The van der Waals surface area contributed by atoms with Crippen LogP contribution in [0.1, 0.15) is 32.3 Å². The summed E-state index contributed by atoms with van der Waals surface area (Å²) in [7, 11) is -0.947. The van der Waals surface area contributed by atoms with E-state index in [4.69, 9.17) is 5.73 Å². The second-order valence-electron chi connectivity index (χ2n) is 4.57. The standard InChI is InChI=1S/C13H21NOS/c1-10(2)6-5-9-16(15)12-8-4-7-11(3)13(12)14/h4,7-8,10H,5-6,9,14H2,1-3H3. The summed E-state index contributed by atoms with van der Waals surface area (Å²) in [5, 5.41) is 0. The van der Waals surface area contributed by atoms with Crippen LogP contribution in [0.4, 0.5) is 5.69 Å². The zero-order chi connectivity index (χ0) is 12.1. The molecule has 0 aromatic heterocycles. The minimum absolute atomic E-state index is 0.673. The molecular formula is C13H21NOS. The minimum Gasteiger partial charge on any atom is -0.398 e. The first kappa shape index (κ1) is 13.2. The van der Waals surface area contributed by atoms with Crippen LogP contribution in [0.5, 0.6) is 0 Å². The Morgan fingerprint density at radius 3 is 2.69 bits per heavy atom. The maximum atomic E-state index is 12.0. The van der Waals surface area contributed by atoms with E-state index in [-0.39, 0.29) is 0 Å². The largest absolute Gasteiger partial charge is 0.398 e. The van der Waals surface area contributed by atoms with E-state index in [0.717, 1.165) is 23.3 Å². The highest BCUT2D eigenvalue weighted by atomic mass is 32.2. The lowest BCUT2D eigenvalue weighted by atomic mass is 10.1. The molecule has 0 spiro atoms. The molecule has 0 aliphatic heterocycles. The monoisotopic (exact) mass is 239 g/mol. The SMILES string of the molecule is Cc1cccc(S(=O)CCCC(C)C)c1N. The zero-order valence-corrected chi connectivity index (χ0v) is 11.1. The fraction of sp³-hybridized carbons (Fsp3) is 0.538. The summed E-state index contributed by atoms with van der Waals surface area (Å²) >= 11 is 0. The van der Waals surface area contributed by atoms with Crippen LogP contribution in [0.3, 0.4) is 0 Å². The van der Waals surface area contributed by atoms with Gasteiger partial charge >= 0.3 is 0 Å². The van der Waals surface area contributed by atoms with Gasteiger partial charge in [-0.2, -0.15) is 0 Å². The molecule has 1 aromatic carbocycles. The lowest BCUT2D eigenvalue weighted by Crippen LogP contribution is -2.04. The molecule has 0 heterocycles. The number of nitrogens with two attached hydrogens (primary N) is 1. The molecule has 0 radical (unpaired) electrons. The highest BCUT2D eigenvalue weighted by Gasteiger charge is 2.09. The lowest BCUT2D eigenvalue weighted by Gasteiger charge is -2.08. The van der Waals surface area contributed by atoms with Gasteiger partial charge in [-0.3, -0.25) is 4.21 Å². The molecule has 1 atom stereocenters. The minimum atomic E-state index is -0.947. The number of aryl methyl sites for hydroxylation is 1. The fourth-order valence-electron chi connectivity index (χ4n) is 1.58. The number of para-hydroxylation sites is 1. The van der Waals surface area contributed by atoms with Crippen molar-refractivity contribution in [1.29, 1.82) is 0 Å². The van der Waals surface area contributed by atoms with Crippen LogP contribution in [-0.4, -0.2) is 9.96 Å². The van der Waals surface area contributed by atoms with Crippen LogP contribution in [0.15, 0.2) is 23.1 Å². The predicted octanol–water partition coefficient (Wildman–Crippen LogP) is 3.12. The highest BCUT2D eigenvalue weighted by molar-refractivity contribution is 7.85. The first-order chi connectivity index (χ1) is 7.52. The van der Waals surface area contributed by atoms with E-state index < -0.39 is 10.8 Å². The average molecular weight is 239 g/mol. The highest BCUT2D eigenvalue weighted by Crippen LogP contribution is 2.21. The summed E-state index contributed by atoms with van der Waals surface area (Å²) in [5.41, 5.74) is 7.62. The number of rotatable bonds is 5. The van der Waals surface area contributed by atoms with E-state index in [0.29, 0.717) is 17.4 Å². The molecule has 0 bridgehead atoms. The zero-order valence-electron chi connectivity index (χ0n) is 10.3. The Balaban J connectivity index is 2.63. The average Bonchev–Trinajstić information content (AvgIpc) is 2.21. The molecule has 2 N–H and O–H groups in total. The maximum absolute atomic E-state index is 12.0. The molecule has 2 nitrogen and oxygen atoms in total. The summed E-state index contributed by atoms with van der Waals surface area (Å²) in [5.74, 6) is 1.39. The van der Waals surface area contributed by atoms with Crippen LogP contribution in [0, 0.1) is 12.8 Å². The van der Waals surface area contributed by atoms with E-state index in [1.807, 2.05) is 25.1 Å². The molecule has 90 valence electrons. The van der Waals surface area contributed by atoms with Crippen molar-refractivity contribution < 1.29 is 4.21 Å². The van der Waals surface area contributed by atoms with Gasteiger partial charge in [-0.15, -0.1) is 0 Å². The molecule has 0 aliphatic carbocycles. The first-order valence-corrected chi connectivity index (χ1v) is 7.07. The van der Waals surface area contributed by atoms with Crippen LogP contribution in [0.2, 0.25) is 0 Å². The normalized spacial score (nSPS) is 13.0.